The molecule has 0 saturated carbocycles. The number of amides is 1. The van der Waals surface area contributed by atoms with Crippen molar-refractivity contribution in [2.45, 2.75) is 19.3 Å². The van der Waals surface area contributed by atoms with Crippen molar-refractivity contribution in [3.05, 3.63) is 65.7 Å². The Balaban J connectivity index is 1.84. The Morgan fingerprint density at radius 3 is 2.36 bits per heavy atom. The van der Waals surface area contributed by atoms with Crippen LogP contribution in [0.25, 0.3) is 0 Å². The van der Waals surface area contributed by atoms with Gasteiger partial charge in [-0.3, -0.25) is 19.5 Å². The lowest BCUT2D eigenvalue weighted by Gasteiger charge is -2.25. The van der Waals surface area contributed by atoms with E-state index in [4.69, 9.17) is 5.11 Å². The maximum Gasteiger partial charge on any atom is 0.325 e. The number of para-hydroxylation sites is 1. The van der Waals surface area contributed by atoms with E-state index < -0.39 is 5.97 Å². The molecule has 0 unspecified atom stereocenters. The molecule has 0 spiro atoms. The molecule has 1 fully saturated rings. The molecule has 0 bridgehead atoms. The number of nitrogens with one attached hydrogen (secondary N) is 1. The van der Waals surface area contributed by atoms with Gasteiger partial charge in [0.1, 0.15) is 6.54 Å². The summed E-state index contributed by atoms with van der Waals surface area (Å²) in [5.41, 5.74) is 2.71. The van der Waals surface area contributed by atoms with Crippen LogP contribution in [0.1, 0.15) is 30.4 Å². The fourth-order valence-electron chi connectivity index (χ4n) is 3.38. The predicted molar refractivity (Wildman–Crippen MR) is 110 cm³/mol. The fraction of sp³-hybridized carbons (Fsp3) is 0.318. The molecule has 2 aromatic rings. The highest BCUT2D eigenvalue weighted by molar-refractivity contribution is 6.17. The normalized spacial score (nSPS) is 15.2. The molecule has 0 aliphatic carbocycles. The average Bonchev–Trinajstić information content (AvgIpc) is 2.70. The zero-order chi connectivity index (χ0) is 19.8. The molecule has 1 saturated heterocycles. The molecule has 2 N–H and O–H groups in total. The van der Waals surface area contributed by atoms with Gasteiger partial charge in [0.2, 0.25) is 5.91 Å². The average molecular weight is 379 g/mol. The number of nitrogens with zero attached hydrogens (tertiary/aromatic N) is 2. The van der Waals surface area contributed by atoms with E-state index >= 15 is 0 Å². The van der Waals surface area contributed by atoms with Crippen LogP contribution in [0.15, 0.2) is 59.6 Å². The molecule has 1 amide bonds. The lowest BCUT2D eigenvalue weighted by Crippen LogP contribution is -2.37. The molecule has 6 nitrogen and oxygen atoms in total. The summed E-state index contributed by atoms with van der Waals surface area (Å²) >= 11 is 0. The van der Waals surface area contributed by atoms with Crippen LogP contribution in [-0.4, -0.2) is 53.8 Å². The van der Waals surface area contributed by atoms with Crippen LogP contribution in [0.5, 0.6) is 0 Å². The number of rotatable bonds is 7. The van der Waals surface area contributed by atoms with Gasteiger partial charge in [0, 0.05) is 11.1 Å². The highest BCUT2D eigenvalue weighted by atomic mass is 16.4. The maximum atomic E-state index is 12.6. The zero-order valence-corrected chi connectivity index (χ0v) is 15.8. The molecule has 1 aliphatic rings. The van der Waals surface area contributed by atoms with Crippen molar-refractivity contribution in [2.24, 2.45) is 4.99 Å². The van der Waals surface area contributed by atoms with Crippen LogP contribution in [0.4, 0.5) is 5.69 Å². The van der Waals surface area contributed by atoms with E-state index in [9.17, 15) is 9.59 Å². The van der Waals surface area contributed by atoms with Gasteiger partial charge in [-0.05, 0) is 32.0 Å². The van der Waals surface area contributed by atoms with Gasteiger partial charge in [-0.25, -0.2) is 0 Å². The molecule has 1 aliphatic heterocycles. The van der Waals surface area contributed by atoms with Gasteiger partial charge in [0.05, 0.1) is 17.9 Å². The third-order valence-electron chi connectivity index (χ3n) is 4.69. The first-order valence-electron chi connectivity index (χ1n) is 9.57. The Morgan fingerprint density at radius 1 is 0.964 bits per heavy atom. The Morgan fingerprint density at radius 2 is 1.64 bits per heavy atom. The highest BCUT2D eigenvalue weighted by Crippen LogP contribution is 2.21. The van der Waals surface area contributed by atoms with Gasteiger partial charge in [-0.2, -0.15) is 0 Å². The number of carbonyl (C=O) groups excluding carboxylic acids is 1. The minimum atomic E-state index is -1.000. The van der Waals surface area contributed by atoms with E-state index in [1.54, 1.807) is 0 Å². The molecule has 28 heavy (non-hydrogen) atoms. The third kappa shape index (κ3) is 5.50. The van der Waals surface area contributed by atoms with Crippen LogP contribution in [0.2, 0.25) is 0 Å². The first-order valence-corrected chi connectivity index (χ1v) is 9.57. The SMILES string of the molecule is O=C(O)CN=C(c1ccccc1)c1ccccc1NC(=O)CN1CCCCC1. The number of anilines is 1. The zero-order valence-electron chi connectivity index (χ0n) is 15.8. The molecule has 0 radical (unpaired) electrons. The molecular weight excluding hydrogens is 354 g/mol. The standard InChI is InChI=1S/C22H25N3O3/c26-20(16-25-13-7-2-8-14-25)24-19-12-6-5-11-18(19)22(23-15-21(27)28)17-9-3-1-4-10-17/h1,3-6,9-12H,2,7-8,13-16H2,(H,24,26)(H,27,28). The summed E-state index contributed by atoms with van der Waals surface area (Å²) in [4.78, 5) is 30.1. The van der Waals surface area contributed by atoms with Crippen molar-refractivity contribution in [3.63, 3.8) is 0 Å². The van der Waals surface area contributed by atoms with Crippen molar-refractivity contribution >= 4 is 23.3 Å². The topological polar surface area (TPSA) is 82.0 Å². The van der Waals surface area contributed by atoms with E-state index in [-0.39, 0.29) is 12.5 Å². The summed E-state index contributed by atoms with van der Waals surface area (Å²) in [5, 5.41) is 12.1. The predicted octanol–water partition coefficient (Wildman–Crippen LogP) is 3.03. The molecule has 0 atom stereocenters. The lowest BCUT2D eigenvalue weighted by atomic mass is 10.0. The van der Waals surface area contributed by atoms with Crippen LogP contribution >= 0.6 is 0 Å². The molecule has 2 aromatic carbocycles. The van der Waals surface area contributed by atoms with Gasteiger partial charge in [-0.15, -0.1) is 0 Å². The molecule has 6 heteroatoms. The lowest BCUT2D eigenvalue weighted by molar-refractivity contribution is -0.135. The first-order chi connectivity index (χ1) is 13.6. The largest absolute Gasteiger partial charge is 0.480 e. The Labute approximate surface area is 164 Å². The number of aliphatic carboxylic acids is 1. The summed E-state index contributed by atoms with van der Waals surface area (Å²) in [6, 6.07) is 16.8. The van der Waals surface area contributed by atoms with Crippen LogP contribution in [-0.2, 0) is 9.59 Å². The van der Waals surface area contributed by atoms with Crippen molar-refractivity contribution in [3.8, 4) is 0 Å². The number of carbonyl (C=O) groups is 2. The molecule has 3 rings (SSSR count). The van der Waals surface area contributed by atoms with Crippen molar-refractivity contribution < 1.29 is 14.7 Å². The van der Waals surface area contributed by atoms with Crippen LogP contribution in [0.3, 0.4) is 0 Å². The molecule has 1 heterocycles. The minimum absolute atomic E-state index is 0.0694. The van der Waals surface area contributed by atoms with Crippen molar-refractivity contribution in [2.75, 3.05) is 31.5 Å². The smallest absolute Gasteiger partial charge is 0.325 e. The Hall–Kier alpha value is -2.99. The van der Waals surface area contributed by atoms with Gasteiger partial charge >= 0.3 is 5.97 Å². The van der Waals surface area contributed by atoms with E-state index in [1.807, 2.05) is 54.6 Å². The number of hydrogen-bond acceptors (Lipinski definition) is 4. The minimum Gasteiger partial charge on any atom is -0.480 e. The van der Waals surface area contributed by atoms with Crippen molar-refractivity contribution in [1.29, 1.82) is 0 Å². The fourth-order valence-corrected chi connectivity index (χ4v) is 3.38. The summed E-state index contributed by atoms with van der Waals surface area (Å²) in [6.45, 7) is 1.93. The van der Waals surface area contributed by atoms with Crippen LogP contribution in [0, 0.1) is 0 Å². The van der Waals surface area contributed by atoms with E-state index in [0.717, 1.165) is 31.5 Å². The number of carboxylic acid groups (broad SMARTS) is 1. The summed E-state index contributed by atoms with van der Waals surface area (Å²) in [5.74, 6) is -1.07. The molecule has 146 valence electrons. The highest BCUT2D eigenvalue weighted by Gasteiger charge is 2.17. The summed E-state index contributed by atoms with van der Waals surface area (Å²) < 4.78 is 0. The number of likely N-dealkylation sites (tertiary alicyclic amines) is 1. The Bertz CT molecular complexity index is 843. The second kappa shape index (κ2) is 9.80. The number of benzene rings is 2. The number of hydrogen-bond donors (Lipinski definition) is 2. The summed E-state index contributed by atoms with van der Waals surface area (Å²) in [6.07, 6.45) is 3.48. The second-order valence-electron chi connectivity index (χ2n) is 6.86. The second-order valence-corrected chi connectivity index (χ2v) is 6.86. The quantitative estimate of drug-likeness (QED) is 0.725. The van der Waals surface area contributed by atoms with Gasteiger partial charge in [-0.1, -0.05) is 55.0 Å². The van der Waals surface area contributed by atoms with Gasteiger partial charge in [0.15, 0.2) is 0 Å². The van der Waals surface area contributed by atoms with Gasteiger partial charge < -0.3 is 10.4 Å². The number of aliphatic imine (C=N–C) groups is 1. The maximum absolute atomic E-state index is 12.6. The van der Waals surface area contributed by atoms with E-state index in [1.165, 1.54) is 6.42 Å². The number of piperidine rings is 1. The van der Waals surface area contributed by atoms with Crippen molar-refractivity contribution in [1.82, 2.24) is 4.90 Å². The monoisotopic (exact) mass is 379 g/mol. The number of carboxylic acids is 1. The molecule has 0 aromatic heterocycles. The third-order valence-corrected chi connectivity index (χ3v) is 4.69. The Kier molecular flexibility index (Phi) is 6.92. The molecular formula is C22H25N3O3. The van der Waals surface area contributed by atoms with Crippen LogP contribution < -0.4 is 5.32 Å². The van der Waals surface area contributed by atoms with E-state index in [2.05, 4.69) is 15.2 Å². The first kappa shape index (κ1) is 19.8. The van der Waals surface area contributed by atoms with Gasteiger partial charge in [0.25, 0.3) is 0 Å². The summed E-state index contributed by atoms with van der Waals surface area (Å²) in [7, 11) is 0. The van der Waals surface area contributed by atoms with E-state index in [0.29, 0.717) is 23.5 Å².